The van der Waals surface area contributed by atoms with Crippen molar-refractivity contribution in [2.45, 2.75) is 37.5 Å². The van der Waals surface area contributed by atoms with Crippen molar-refractivity contribution < 1.29 is 18.7 Å². The molecule has 34 heavy (non-hydrogen) atoms. The number of nitrogens with zero attached hydrogens (tertiary/aromatic N) is 2. The molecule has 3 aromatic rings. The van der Waals surface area contributed by atoms with E-state index in [4.69, 9.17) is 4.74 Å². The lowest BCUT2D eigenvalue weighted by atomic mass is 9.70. The first kappa shape index (κ1) is 22.1. The highest BCUT2D eigenvalue weighted by atomic mass is 19.1. The molecule has 1 spiro atoms. The van der Waals surface area contributed by atoms with Gasteiger partial charge in [-0.15, -0.1) is 0 Å². The third-order valence-corrected chi connectivity index (χ3v) is 7.40. The smallest absolute Gasteiger partial charge is 0.411 e. The maximum Gasteiger partial charge on any atom is 0.411 e. The summed E-state index contributed by atoms with van der Waals surface area (Å²) in [4.78, 5) is 29.9. The van der Waals surface area contributed by atoms with Crippen LogP contribution in [-0.4, -0.2) is 40.5 Å². The Hall–Kier alpha value is -3.67. The second kappa shape index (κ2) is 8.60. The van der Waals surface area contributed by atoms with E-state index >= 15 is 0 Å². The number of piperidine rings is 1. The first-order chi connectivity index (χ1) is 16.4. The molecule has 3 aromatic carbocycles. The van der Waals surface area contributed by atoms with Crippen LogP contribution in [0.15, 0.2) is 84.9 Å². The van der Waals surface area contributed by atoms with Gasteiger partial charge in [-0.05, 0) is 42.3 Å². The summed E-state index contributed by atoms with van der Waals surface area (Å²) in [7, 11) is 0. The lowest BCUT2D eigenvalue weighted by Gasteiger charge is -2.48. The first-order valence-electron chi connectivity index (χ1n) is 11.6. The second-order valence-corrected chi connectivity index (χ2v) is 9.17. The van der Waals surface area contributed by atoms with Crippen LogP contribution in [0.2, 0.25) is 0 Å². The van der Waals surface area contributed by atoms with Crippen LogP contribution in [-0.2, 0) is 16.8 Å². The number of benzene rings is 3. The van der Waals surface area contributed by atoms with Gasteiger partial charge in [-0.1, -0.05) is 60.7 Å². The van der Waals surface area contributed by atoms with E-state index in [-0.39, 0.29) is 17.8 Å². The lowest BCUT2D eigenvalue weighted by molar-refractivity contribution is -0.0551. The summed E-state index contributed by atoms with van der Waals surface area (Å²) in [5.41, 5.74) is 1.03. The van der Waals surface area contributed by atoms with Crippen molar-refractivity contribution in [3.05, 3.63) is 107 Å². The molecule has 5 rings (SSSR count). The van der Waals surface area contributed by atoms with Gasteiger partial charge in [-0.3, -0.25) is 9.69 Å². The number of carbonyl (C=O) groups excluding carboxylic acids is 2. The van der Waals surface area contributed by atoms with Crippen LogP contribution >= 0.6 is 0 Å². The van der Waals surface area contributed by atoms with E-state index in [9.17, 15) is 14.0 Å². The zero-order valence-electron chi connectivity index (χ0n) is 19.1. The molecule has 174 valence electrons. The fourth-order valence-corrected chi connectivity index (χ4v) is 5.36. The molecule has 5 nitrogen and oxygen atoms in total. The van der Waals surface area contributed by atoms with Gasteiger partial charge in [0.05, 0.1) is 6.54 Å². The molecule has 2 aliphatic heterocycles. The third kappa shape index (κ3) is 3.63. The second-order valence-electron chi connectivity index (χ2n) is 9.17. The van der Waals surface area contributed by atoms with Crippen LogP contribution in [0, 0.1) is 5.82 Å². The van der Waals surface area contributed by atoms with E-state index < -0.39 is 11.1 Å². The molecule has 2 saturated heterocycles. The van der Waals surface area contributed by atoms with Gasteiger partial charge in [-0.2, -0.15) is 0 Å². The number of carbonyl (C=O) groups is 2. The highest BCUT2D eigenvalue weighted by Gasteiger charge is 2.63. The Morgan fingerprint density at radius 3 is 2.12 bits per heavy atom. The minimum Gasteiger partial charge on any atom is -0.440 e. The summed E-state index contributed by atoms with van der Waals surface area (Å²) in [5.74, 6) is -0.508. The SMILES string of the molecule is CC1(c2ccccc2)N(Cc2ccccc2)C(=O)OC12CCN(C(=O)c1ccc(F)cc1)CC2. The Bertz CT molecular complexity index is 1180. The topological polar surface area (TPSA) is 49.9 Å². The molecule has 0 saturated carbocycles. The zero-order chi connectivity index (χ0) is 23.8. The maximum absolute atomic E-state index is 13.3. The number of halogens is 1. The average molecular weight is 459 g/mol. The summed E-state index contributed by atoms with van der Waals surface area (Å²) < 4.78 is 19.5. The van der Waals surface area contributed by atoms with Gasteiger partial charge in [0.1, 0.15) is 17.0 Å². The van der Waals surface area contributed by atoms with Gasteiger partial charge < -0.3 is 9.64 Å². The Balaban J connectivity index is 1.45. The Kier molecular flexibility index (Phi) is 5.60. The highest BCUT2D eigenvalue weighted by Crippen LogP contribution is 2.52. The number of likely N-dealkylation sites (tertiary alicyclic amines) is 1. The minimum absolute atomic E-state index is 0.137. The van der Waals surface area contributed by atoms with E-state index in [1.807, 2.05) is 65.6 Å². The van der Waals surface area contributed by atoms with Crippen molar-refractivity contribution in [3.8, 4) is 0 Å². The van der Waals surface area contributed by atoms with E-state index in [0.29, 0.717) is 38.0 Å². The van der Waals surface area contributed by atoms with Gasteiger partial charge in [-0.25, -0.2) is 9.18 Å². The molecule has 1 unspecified atom stereocenters. The molecule has 2 aliphatic rings. The van der Waals surface area contributed by atoms with Gasteiger partial charge in [0, 0.05) is 31.5 Å². The van der Waals surface area contributed by atoms with Gasteiger partial charge in [0.25, 0.3) is 5.91 Å². The molecule has 2 heterocycles. The lowest BCUT2D eigenvalue weighted by Crippen LogP contribution is -2.58. The van der Waals surface area contributed by atoms with Crippen LogP contribution in [0.3, 0.4) is 0 Å². The first-order valence-corrected chi connectivity index (χ1v) is 11.6. The Morgan fingerprint density at radius 2 is 1.50 bits per heavy atom. The van der Waals surface area contributed by atoms with Crippen molar-refractivity contribution in [2.24, 2.45) is 0 Å². The summed E-state index contributed by atoms with van der Waals surface area (Å²) in [6.45, 7) is 3.41. The van der Waals surface area contributed by atoms with Crippen LogP contribution in [0.5, 0.6) is 0 Å². The van der Waals surface area contributed by atoms with Crippen molar-refractivity contribution >= 4 is 12.0 Å². The van der Waals surface area contributed by atoms with E-state index in [2.05, 4.69) is 6.92 Å². The number of ether oxygens (including phenoxy) is 1. The molecule has 0 bridgehead atoms. The fourth-order valence-electron chi connectivity index (χ4n) is 5.36. The molecule has 2 amide bonds. The molecule has 6 heteroatoms. The summed E-state index contributed by atoms with van der Waals surface area (Å²) >= 11 is 0. The minimum atomic E-state index is -0.764. The number of hydrogen-bond donors (Lipinski definition) is 0. The molecule has 0 aliphatic carbocycles. The van der Waals surface area contributed by atoms with E-state index in [1.54, 1.807) is 4.90 Å². The van der Waals surface area contributed by atoms with Crippen LogP contribution in [0.1, 0.15) is 41.3 Å². The van der Waals surface area contributed by atoms with Gasteiger partial charge in [0.15, 0.2) is 0 Å². The van der Waals surface area contributed by atoms with Crippen LogP contribution in [0.4, 0.5) is 9.18 Å². The summed E-state index contributed by atoms with van der Waals surface area (Å²) in [6.07, 6.45) is 0.693. The van der Waals surface area contributed by atoms with Crippen molar-refractivity contribution in [1.82, 2.24) is 9.80 Å². The van der Waals surface area contributed by atoms with Gasteiger partial charge >= 0.3 is 6.09 Å². The zero-order valence-corrected chi connectivity index (χ0v) is 19.1. The fraction of sp³-hybridized carbons (Fsp3) is 0.286. The normalized spacial score (nSPS) is 21.5. The monoisotopic (exact) mass is 458 g/mol. The van der Waals surface area contributed by atoms with E-state index in [1.165, 1.54) is 24.3 Å². The predicted octanol–water partition coefficient (Wildman–Crippen LogP) is 5.37. The summed E-state index contributed by atoms with van der Waals surface area (Å²) in [5, 5.41) is 0. The largest absolute Gasteiger partial charge is 0.440 e. The Morgan fingerprint density at radius 1 is 0.912 bits per heavy atom. The summed E-state index contributed by atoms with van der Waals surface area (Å²) in [6, 6.07) is 25.5. The number of rotatable bonds is 4. The quantitative estimate of drug-likeness (QED) is 0.528. The molecule has 2 fully saturated rings. The number of amides is 2. The average Bonchev–Trinajstić information content (AvgIpc) is 3.07. The highest BCUT2D eigenvalue weighted by molar-refractivity contribution is 5.94. The molecular weight excluding hydrogens is 431 g/mol. The van der Waals surface area contributed by atoms with Gasteiger partial charge in [0.2, 0.25) is 0 Å². The van der Waals surface area contributed by atoms with Crippen molar-refractivity contribution in [1.29, 1.82) is 0 Å². The van der Waals surface area contributed by atoms with Crippen LogP contribution in [0.25, 0.3) is 0 Å². The molecule has 0 aromatic heterocycles. The molecule has 0 N–H and O–H groups in total. The number of hydrogen-bond acceptors (Lipinski definition) is 3. The molecular formula is C28H27FN2O3. The van der Waals surface area contributed by atoms with Crippen molar-refractivity contribution in [2.75, 3.05) is 13.1 Å². The third-order valence-electron chi connectivity index (χ3n) is 7.40. The van der Waals surface area contributed by atoms with Crippen molar-refractivity contribution in [3.63, 3.8) is 0 Å². The molecule has 1 atom stereocenters. The Labute approximate surface area is 198 Å². The molecule has 0 radical (unpaired) electrons. The maximum atomic E-state index is 13.3. The van der Waals surface area contributed by atoms with E-state index in [0.717, 1.165) is 11.1 Å². The van der Waals surface area contributed by atoms with Crippen LogP contribution < -0.4 is 0 Å². The predicted molar refractivity (Wildman–Crippen MR) is 127 cm³/mol. The standard InChI is InChI=1S/C28H27FN2O3/c1-27(23-10-6-3-7-11-23)28(34-26(33)31(27)20-21-8-4-2-5-9-21)16-18-30(19-17-28)25(32)22-12-14-24(29)15-13-22/h2-15H,16-20H2,1H3.